The topological polar surface area (TPSA) is 37.3 Å². The van der Waals surface area contributed by atoms with E-state index in [1.807, 2.05) is 6.08 Å². The number of Topliss-reactive ketones (excluding diaryl/α,β-unsaturated/α-hetero) is 1. The minimum Gasteiger partial charge on any atom is -0.381 e. The minimum atomic E-state index is -1.13. The number of carbonyl (C=O) groups is 1. The maximum Gasteiger partial charge on any atom is 0.165 e. The molecule has 0 aliphatic heterocycles. The maximum atomic E-state index is 13.3. The first-order valence-electron chi connectivity index (χ1n) is 13.2. The fraction of sp³-hybridized carbons (Fsp3) is 0.828. The monoisotopic (exact) mass is 426 g/mol. The van der Waals surface area contributed by atoms with Gasteiger partial charge in [-0.15, -0.1) is 0 Å². The van der Waals surface area contributed by atoms with Crippen molar-refractivity contribution in [3.8, 4) is 0 Å². The quantitative estimate of drug-likeness (QED) is 0.481. The Hall–Kier alpha value is -0.890. The van der Waals surface area contributed by atoms with Crippen LogP contribution in [0.4, 0.5) is 0 Å². The zero-order valence-corrected chi connectivity index (χ0v) is 20.9. The molecule has 4 rings (SSSR count). The predicted molar refractivity (Wildman–Crippen MR) is 129 cm³/mol. The van der Waals surface area contributed by atoms with Crippen LogP contribution in [0.1, 0.15) is 92.9 Å². The lowest BCUT2D eigenvalue weighted by Crippen LogP contribution is -2.65. The Morgan fingerprint density at radius 2 is 1.77 bits per heavy atom. The van der Waals surface area contributed by atoms with Crippen molar-refractivity contribution in [2.24, 2.45) is 52.3 Å². The largest absolute Gasteiger partial charge is 0.381 e. The summed E-state index contributed by atoms with van der Waals surface area (Å²) in [7, 11) is 0. The third-order valence-electron chi connectivity index (χ3n) is 10.9. The molecule has 0 aromatic rings. The van der Waals surface area contributed by atoms with Crippen molar-refractivity contribution in [1.29, 1.82) is 0 Å². The van der Waals surface area contributed by atoms with Gasteiger partial charge in [-0.1, -0.05) is 65.8 Å². The van der Waals surface area contributed by atoms with Gasteiger partial charge in [-0.05, 0) is 85.4 Å². The molecule has 4 aliphatic carbocycles. The van der Waals surface area contributed by atoms with E-state index in [2.05, 4.69) is 59.8 Å². The van der Waals surface area contributed by atoms with Crippen LogP contribution in [0.5, 0.6) is 0 Å². The number of ketones is 1. The molecule has 0 amide bonds. The molecule has 31 heavy (non-hydrogen) atoms. The summed E-state index contributed by atoms with van der Waals surface area (Å²) in [5, 5.41) is 11.5. The molecule has 0 unspecified atom stereocenters. The summed E-state index contributed by atoms with van der Waals surface area (Å²) >= 11 is 0. The van der Waals surface area contributed by atoms with Crippen LogP contribution in [0.25, 0.3) is 0 Å². The van der Waals surface area contributed by atoms with Gasteiger partial charge < -0.3 is 5.11 Å². The van der Waals surface area contributed by atoms with Gasteiger partial charge in [-0.2, -0.15) is 0 Å². The molecule has 3 saturated carbocycles. The zero-order valence-electron chi connectivity index (χ0n) is 20.9. The second kappa shape index (κ2) is 8.15. The number of aliphatic hydroxyl groups is 1. The Bertz CT molecular complexity index is 750. The molecule has 1 N–H and O–H groups in total. The Morgan fingerprint density at radius 1 is 1.06 bits per heavy atom. The lowest BCUT2D eigenvalue weighted by Gasteiger charge is -2.61. The highest BCUT2D eigenvalue weighted by Crippen LogP contribution is 2.68. The molecule has 2 heteroatoms. The number of hydrogen-bond acceptors (Lipinski definition) is 2. The van der Waals surface area contributed by atoms with Gasteiger partial charge in [0.1, 0.15) is 5.60 Å². The van der Waals surface area contributed by atoms with Crippen molar-refractivity contribution in [1.82, 2.24) is 0 Å². The van der Waals surface area contributed by atoms with Crippen LogP contribution in [-0.4, -0.2) is 16.5 Å². The third kappa shape index (κ3) is 3.42. The summed E-state index contributed by atoms with van der Waals surface area (Å²) < 4.78 is 0. The van der Waals surface area contributed by atoms with E-state index < -0.39 is 5.60 Å². The number of fused-ring (bicyclic) bond motifs is 5. The molecule has 0 radical (unpaired) electrons. The molecule has 0 saturated heterocycles. The van der Waals surface area contributed by atoms with Crippen LogP contribution in [0.15, 0.2) is 24.3 Å². The highest BCUT2D eigenvalue weighted by atomic mass is 16.3. The van der Waals surface area contributed by atoms with Crippen molar-refractivity contribution in [3.05, 3.63) is 24.3 Å². The molecule has 0 bridgehead atoms. The Balaban J connectivity index is 1.57. The molecule has 0 aromatic carbocycles. The van der Waals surface area contributed by atoms with Crippen molar-refractivity contribution in [3.63, 3.8) is 0 Å². The first kappa shape index (κ1) is 23.3. The maximum absolute atomic E-state index is 13.3. The summed E-state index contributed by atoms with van der Waals surface area (Å²) in [6.07, 6.45) is 17.5. The Kier molecular flexibility index (Phi) is 6.12. The van der Waals surface area contributed by atoms with E-state index in [9.17, 15) is 9.90 Å². The Morgan fingerprint density at radius 3 is 2.45 bits per heavy atom. The second-order valence-electron chi connectivity index (χ2n) is 12.5. The lowest BCUT2D eigenvalue weighted by molar-refractivity contribution is -0.192. The zero-order chi connectivity index (χ0) is 22.6. The number of rotatable bonds is 5. The van der Waals surface area contributed by atoms with Gasteiger partial charge >= 0.3 is 0 Å². The summed E-state index contributed by atoms with van der Waals surface area (Å²) in [5.74, 6) is 4.40. The number of carbonyl (C=O) groups excluding carboxylic acids is 1. The smallest absolute Gasteiger partial charge is 0.165 e. The van der Waals surface area contributed by atoms with Crippen LogP contribution in [0, 0.1) is 52.3 Å². The first-order chi connectivity index (χ1) is 14.6. The van der Waals surface area contributed by atoms with Crippen LogP contribution < -0.4 is 0 Å². The summed E-state index contributed by atoms with van der Waals surface area (Å²) in [6.45, 7) is 14.2. The third-order valence-corrected chi connectivity index (χ3v) is 10.9. The fourth-order valence-corrected chi connectivity index (χ4v) is 8.81. The van der Waals surface area contributed by atoms with Crippen LogP contribution in [0.2, 0.25) is 0 Å². The SMILES string of the molecule is CC[C@H](/C=C/[C@@H](C)[C@H]1CC[C@H]2[C@@H]3CC(=O)[C@@]4(O)CC=CC[C@]4(C)[C@H]3CC[C@]12C)C(C)C. The molecule has 0 aromatic heterocycles. The van der Waals surface area contributed by atoms with Crippen LogP contribution >= 0.6 is 0 Å². The van der Waals surface area contributed by atoms with Crippen molar-refractivity contribution in [2.75, 3.05) is 0 Å². The molecule has 4 aliphatic rings. The van der Waals surface area contributed by atoms with Crippen molar-refractivity contribution in [2.45, 2.75) is 98.5 Å². The molecule has 174 valence electrons. The average Bonchev–Trinajstić information content (AvgIpc) is 3.07. The van der Waals surface area contributed by atoms with Crippen molar-refractivity contribution >= 4 is 5.78 Å². The molecule has 2 nitrogen and oxygen atoms in total. The summed E-state index contributed by atoms with van der Waals surface area (Å²) in [4.78, 5) is 13.3. The van der Waals surface area contributed by atoms with E-state index >= 15 is 0 Å². The number of hydrogen-bond donors (Lipinski definition) is 1. The molecular formula is C29H46O2. The average molecular weight is 427 g/mol. The van der Waals surface area contributed by atoms with Crippen LogP contribution in [-0.2, 0) is 4.79 Å². The van der Waals surface area contributed by atoms with Gasteiger partial charge in [-0.3, -0.25) is 4.79 Å². The van der Waals surface area contributed by atoms with Gasteiger partial charge in [-0.25, -0.2) is 0 Å². The highest BCUT2D eigenvalue weighted by Gasteiger charge is 2.66. The summed E-state index contributed by atoms with van der Waals surface area (Å²) in [6, 6.07) is 0. The van der Waals surface area contributed by atoms with E-state index in [1.165, 1.54) is 32.1 Å². The van der Waals surface area contributed by atoms with E-state index in [0.29, 0.717) is 59.7 Å². The summed E-state index contributed by atoms with van der Waals surface area (Å²) in [5.41, 5.74) is -1.07. The Labute approximate surface area is 191 Å². The number of allylic oxidation sites excluding steroid dienone is 3. The van der Waals surface area contributed by atoms with Gasteiger partial charge in [0.25, 0.3) is 0 Å². The van der Waals surface area contributed by atoms with Crippen molar-refractivity contribution < 1.29 is 9.90 Å². The molecule has 3 fully saturated rings. The standard InChI is InChI=1S/C29H46O2/c1-7-21(19(2)3)11-10-20(4)23-12-13-24-22-18-26(30)29(31)16-9-8-15-28(29,6)25(22)14-17-27(23,24)5/h8-11,19-25,31H,7,12-18H2,1-6H3/b11-10+/t20-,21-,22+,23-,24+,25+,27-,28-,29+/m1/s1. The van der Waals surface area contributed by atoms with E-state index in [4.69, 9.17) is 0 Å². The molecule has 0 heterocycles. The van der Waals surface area contributed by atoms with E-state index in [-0.39, 0.29) is 11.2 Å². The predicted octanol–water partition coefficient (Wildman–Crippen LogP) is 6.98. The fourth-order valence-electron chi connectivity index (χ4n) is 8.81. The molecular weight excluding hydrogens is 380 g/mol. The second-order valence-corrected chi connectivity index (χ2v) is 12.5. The van der Waals surface area contributed by atoms with E-state index in [1.54, 1.807) is 0 Å². The molecule has 0 spiro atoms. The van der Waals surface area contributed by atoms with Gasteiger partial charge in [0.2, 0.25) is 0 Å². The van der Waals surface area contributed by atoms with Gasteiger partial charge in [0, 0.05) is 18.3 Å². The highest BCUT2D eigenvalue weighted by molar-refractivity contribution is 5.90. The van der Waals surface area contributed by atoms with Gasteiger partial charge in [0.05, 0.1) is 0 Å². The molecule has 9 atom stereocenters. The van der Waals surface area contributed by atoms with E-state index in [0.717, 1.165) is 6.42 Å². The normalized spacial score (nSPS) is 46.6. The first-order valence-corrected chi connectivity index (χ1v) is 13.2. The van der Waals surface area contributed by atoms with Gasteiger partial charge in [0.15, 0.2) is 5.78 Å². The minimum absolute atomic E-state index is 0.129. The lowest BCUT2D eigenvalue weighted by atomic mass is 9.43. The van der Waals surface area contributed by atoms with Crippen LogP contribution in [0.3, 0.4) is 0 Å².